The zero-order valence-corrected chi connectivity index (χ0v) is 16.4. The molecule has 0 spiro atoms. The number of rotatable bonds is 2. The van der Waals surface area contributed by atoms with E-state index in [1.807, 2.05) is 10.7 Å². The van der Waals surface area contributed by atoms with Gasteiger partial charge < -0.3 is 6.53 Å². The van der Waals surface area contributed by atoms with Crippen LogP contribution in [0.1, 0.15) is 25.8 Å². The maximum atomic E-state index is 12.2. The molecule has 1 atom stereocenters. The summed E-state index contributed by atoms with van der Waals surface area (Å²) in [6, 6.07) is 0. The van der Waals surface area contributed by atoms with E-state index >= 15 is 0 Å². The van der Waals surface area contributed by atoms with Crippen molar-refractivity contribution < 1.29 is 45.7 Å². The molecule has 10 heteroatoms. The largest absolute Gasteiger partial charge is 1.00 e. The van der Waals surface area contributed by atoms with Crippen LogP contribution in [0.3, 0.4) is 0 Å². The molecule has 3 aliphatic rings. The minimum atomic E-state index is -1.08. The number of carboxylic acid groups (broad SMARTS) is 1. The standard InChI is InChI=1S/C15H13N5O3S.Na.H/c21-12-9(13-20(12)10(7-24-13)14(22)23)5-8-6-19-15(16-8)17-11-3-1-2-4-18(11)19;;/h5-7,13H,1-4H2,(H,22,23);;/q;+1;-1. The zero-order valence-electron chi connectivity index (χ0n) is 14.5. The fourth-order valence-corrected chi connectivity index (χ4v) is 4.51. The molecule has 1 N–H and O–H groups in total. The summed E-state index contributed by atoms with van der Waals surface area (Å²) in [6.07, 6.45) is 6.86. The Bertz CT molecular complexity index is 981. The Balaban J connectivity index is 0.000000980. The van der Waals surface area contributed by atoms with Crippen molar-refractivity contribution in [1.29, 1.82) is 0 Å². The molecular weight excluding hydrogens is 353 g/mol. The molecule has 0 aromatic carbocycles. The van der Waals surface area contributed by atoms with E-state index in [1.54, 1.807) is 6.08 Å². The van der Waals surface area contributed by atoms with E-state index in [4.69, 9.17) is 5.11 Å². The Morgan fingerprint density at radius 2 is 2.24 bits per heavy atom. The van der Waals surface area contributed by atoms with Crippen LogP contribution in [0.25, 0.3) is 11.9 Å². The summed E-state index contributed by atoms with van der Waals surface area (Å²) in [7, 11) is 0. The average Bonchev–Trinajstić information content (AvgIpc) is 3.22. The van der Waals surface area contributed by atoms with Crippen molar-refractivity contribution >= 4 is 35.5 Å². The van der Waals surface area contributed by atoms with Crippen LogP contribution in [0.5, 0.6) is 0 Å². The third-order valence-electron chi connectivity index (χ3n) is 4.55. The molecule has 25 heavy (non-hydrogen) atoms. The van der Waals surface area contributed by atoms with Gasteiger partial charge in [-0.3, -0.25) is 14.4 Å². The molecule has 2 aromatic rings. The van der Waals surface area contributed by atoms with Crippen LogP contribution in [0, 0.1) is 0 Å². The van der Waals surface area contributed by atoms with E-state index in [1.165, 1.54) is 22.1 Å². The van der Waals surface area contributed by atoms with Crippen molar-refractivity contribution in [2.45, 2.75) is 31.2 Å². The summed E-state index contributed by atoms with van der Waals surface area (Å²) in [4.78, 5) is 33.7. The molecule has 0 aliphatic carbocycles. The molecule has 0 bridgehead atoms. The maximum Gasteiger partial charge on any atom is 1.00 e. The van der Waals surface area contributed by atoms with E-state index in [0.29, 0.717) is 17.0 Å². The first-order valence-electron chi connectivity index (χ1n) is 7.72. The predicted octanol–water partition coefficient (Wildman–Crippen LogP) is -1.79. The van der Waals surface area contributed by atoms with Gasteiger partial charge in [-0.2, -0.15) is 4.98 Å². The molecular formula is C15H14N5NaO3S. The van der Waals surface area contributed by atoms with Gasteiger partial charge in [0, 0.05) is 18.4 Å². The summed E-state index contributed by atoms with van der Waals surface area (Å²) in [5, 5.41) is 10.3. The number of hydrogen-bond donors (Lipinski definition) is 1. The van der Waals surface area contributed by atoms with Gasteiger partial charge in [-0.15, -0.1) is 11.8 Å². The molecule has 0 radical (unpaired) electrons. The van der Waals surface area contributed by atoms with E-state index < -0.39 is 5.97 Å². The van der Waals surface area contributed by atoms with Crippen LogP contribution < -0.4 is 29.6 Å². The van der Waals surface area contributed by atoms with Crippen LogP contribution in [0.4, 0.5) is 0 Å². The molecule has 1 saturated heterocycles. The molecule has 1 fully saturated rings. The second-order valence-electron chi connectivity index (χ2n) is 5.99. The molecule has 5 heterocycles. The number of aliphatic carboxylic acids is 1. The number of aromatic nitrogens is 4. The van der Waals surface area contributed by atoms with Gasteiger partial charge >= 0.3 is 35.5 Å². The Morgan fingerprint density at radius 1 is 1.40 bits per heavy atom. The molecule has 8 nitrogen and oxygen atoms in total. The second kappa shape index (κ2) is 6.01. The molecule has 3 aliphatic heterocycles. The number of carbonyl (C=O) groups is 2. The third-order valence-corrected chi connectivity index (χ3v) is 5.63. The number of carbonyl (C=O) groups excluding carboxylic acids is 1. The number of β-lactam (4-membered cyclic amide) rings is 1. The van der Waals surface area contributed by atoms with Crippen LogP contribution in [0.2, 0.25) is 0 Å². The molecule has 1 amide bonds. The summed E-state index contributed by atoms with van der Waals surface area (Å²) < 4.78 is 4.06. The number of aryl methyl sites for hydroxylation is 2. The predicted molar refractivity (Wildman–Crippen MR) is 86.9 cm³/mol. The first kappa shape index (κ1) is 16.9. The fraction of sp³-hybridized carbons (Fsp3) is 0.333. The number of nitrogens with zero attached hydrogens (tertiary/aromatic N) is 5. The van der Waals surface area contributed by atoms with Crippen molar-refractivity contribution in [2.24, 2.45) is 0 Å². The van der Waals surface area contributed by atoms with E-state index in [9.17, 15) is 9.59 Å². The van der Waals surface area contributed by atoms with Gasteiger partial charge in [0.2, 0.25) is 0 Å². The number of amides is 1. The summed E-state index contributed by atoms with van der Waals surface area (Å²) in [5.41, 5.74) is 1.29. The topological polar surface area (TPSA) is 92.7 Å². The summed E-state index contributed by atoms with van der Waals surface area (Å²) in [5.74, 6) is 0.348. The number of hydrogen-bond acceptors (Lipinski definition) is 5. The first-order chi connectivity index (χ1) is 11.6. The zero-order chi connectivity index (χ0) is 16.4. The van der Waals surface area contributed by atoms with E-state index in [-0.39, 0.29) is 48.0 Å². The van der Waals surface area contributed by atoms with Crippen LogP contribution in [0.15, 0.2) is 22.9 Å². The van der Waals surface area contributed by atoms with Gasteiger partial charge in [0.15, 0.2) is 0 Å². The number of thioether (sulfide) groups is 1. The van der Waals surface area contributed by atoms with Gasteiger partial charge in [-0.1, -0.05) is 0 Å². The fourth-order valence-electron chi connectivity index (χ4n) is 3.39. The van der Waals surface area contributed by atoms with Crippen LogP contribution >= 0.6 is 11.8 Å². The van der Waals surface area contributed by atoms with Crippen LogP contribution in [-0.4, -0.2) is 46.4 Å². The molecule has 2 aromatic heterocycles. The first-order valence-corrected chi connectivity index (χ1v) is 8.66. The van der Waals surface area contributed by atoms with Crippen molar-refractivity contribution in [2.75, 3.05) is 0 Å². The third kappa shape index (κ3) is 2.41. The number of fused-ring (bicyclic) bond motifs is 4. The van der Waals surface area contributed by atoms with Gasteiger partial charge in [-0.25, -0.2) is 14.3 Å². The minimum Gasteiger partial charge on any atom is -1.00 e. The Kier molecular flexibility index (Phi) is 4.06. The molecule has 1 unspecified atom stereocenters. The van der Waals surface area contributed by atoms with Gasteiger partial charge in [0.05, 0.1) is 17.5 Å². The van der Waals surface area contributed by atoms with Gasteiger partial charge in [0.25, 0.3) is 11.7 Å². The van der Waals surface area contributed by atoms with Crippen molar-refractivity contribution in [3.05, 3.63) is 34.4 Å². The van der Waals surface area contributed by atoms with Crippen molar-refractivity contribution in [1.82, 2.24) is 24.1 Å². The quantitative estimate of drug-likeness (QED) is 0.383. The van der Waals surface area contributed by atoms with Crippen molar-refractivity contribution in [3.8, 4) is 0 Å². The van der Waals surface area contributed by atoms with Crippen molar-refractivity contribution in [3.63, 3.8) is 0 Å². The Morgan fingerprint density at radius 3 is 3.04 bits per heavy atom. The molecule has 124 valence electrons. The molecule has 0 saturated carbocycles. The normalized spacial score (nSPS) is 23.1. The minimum absolute atomic E-state index is 0. The molecule has 5 rings (SSSR count). The maximum absolute atomic E-state index is 12.2. The van der Waals surface area contributed by atoms with Crippen LogP contribution in [-0.2, 0) is 22.6 Å². The number of carboxylic acids is 1. The Labute approximate surface area is 170 Å². The summed E-state index contributed by atoms with van der Waals surface area (Å²) >= 11 is 1.33. The SMILES string of the molecule is O=C(O)C1=CSC2C(=Cc3cn4c(n3)nc3n4CCCC3)C(=O)N12.[H-].[Na+]. The monoisotopic (exact) mass is 367 g/mol. The second-order valence-corrected chi connectivity index (χ2v) is 6.94. The Hall–Kier alpha value is -1.55. The smallest absolute Gasteiger partial charge is 1.00 e. The van der Waals surface area contributed by atoms with Gasteiger partial charge in [0.1, 0.15) is 16.9 Å². The average molecular weight is 367 g/mol. The van der Waals surface area contributed by atoms with E-state index in [0.717, 1.165) is 31.6 Å². The van der Waals surface area contributed by atoms with Gasteiger partial charge in [-0.05, 0) is 18.9 Å². The summed E-state index contributed by atoms with van der Waals surface area (Å²) in [6.45, 7) is 0.926. The van der Waals surface area contributed by atoms with E-state index in [2.05, 4.69) is 14.6 Å². The number of imidazole rings is 1.